The van der Waals surface area contributed by atoms with Crippen LogP contribution in [0, 0.1) is 5.41 Å². The molecule has 1 aromatic rings. The molecule has 148 valence electrons. The molecule has 9 heteroatoms. The summed E-state index contributed by atoms with van der Waals surface area (Å²) in [4.78, 5) is 24.1. The predicted octanol–water partition coefficient (Wildman–Crippen LogP) is 0.729. The lowest BCUT2D eigenvalue weighted by molar-refractivity contribution is -0.131. The number of piperidine rings is 2. The van der Waals surface area contributed by atoms with E-state index in [1.165, 1.54) is 0 Å². The Bertz CT molecular complexity index is 712. The molecule has 2 fully saturated rings. The molecule has 27 heavy (non-hydrogen) atoms. The number of nitrogens with zero attached hydrogens (tertiary/aromatic N) is 4. The summed E-state index contributed by atoms with van der Waals surface area (Å²) in [5, 5.41) is 8.21. The first-order valence-electron chi connectivity index (χ1n) is 9.42. The van der Waals surface area contributed by atoms with E-state index >= 15 is 0 Å². The highest BCUT2D eigenvalue weighted by molar-refractivity contribution is 5.94. The Morgan fingerprint density at radius 1 is 1.37 bits per heavy atom. The second kappa shape index (κ2) is 7.67. The number of ether oxygens (including phenoxy) is 1. The van der Waals surface area contributed by atoms with Crippen molar-refractivity contribution in [3.8, 4) is 0 Å². The number of likely N-dealkylation sites (tertiary alicyclic amines) is 1. The molecule has 0 spiro atoms. The van der Waals surface area contributed by atoms with E-state index in [2.05, 4.69) is 21.8 Å². The fourth-order valence-corrected chi connectivity index (χ4v) is 3.51. The van der Waals surface area contributed by atoms with Crippen molar-refractivity contribution in [3.05, 3.63) is 11.9 Å². The van der Waals surface area contributed by atoms with Crippen LogP contribution in [-0.2, 0) is 9.53 Å². The second-order valence-electron chi connectivity index (χ2n) is 7.78. The summed E-state index contributed by atoms with van der Waals surface area (Å²) < 4.78 is 5.73. The molecule has 0 bridgehead atoms. The molecule has 2 aliphatic rings. The summed E-state index contributed by atoms with van der Waals surface area (Å²) in [5.74, 6) is 0.793. The van der Waals surface area contributed by atoms with Gasteiger partial charge in [0, 0.05) is 32.1 Å². The van der Waals surface area contributed by atoms with E-state index in [-0.39, 0.29) is 35.0 Å². The number of hydrogen-bond donors (Lipinski definition) is 3. The van der Waals surface area contributed by atoms with Crippen LogP contribution in [0.3, 0.4) is 0 Å². The summed E-state index contributed by atoms with van der Waals surface area (Å²) in [5.41, 5.74) is 12.3. The van der Waals surface area contributed by atoms with Crippen LogP contribution in [0.15, 0.2) is 6.20 Å². The number of nitrogen functional groups attached to an aromatic ring is 1. The van der Waals surface area contributed by atoms with Gasteiger partial charge in [-0.1, -0.05) is 0 Å². The summed E-state index contributed by atoms with van der Waals surface area (Å²) in [7, 11) is 0. The minimum atomic E-state index is -0.222. The van der Waals surface area contributed by atoms with E-state index in [0.29, 0.717) is 12.4 Å². The van der Waals surface area contributed by atoms with Crippen molar-refractivity contribution < 1.29 is 9.53 Å². The van der Waals surface area contributed by atoms with Gasteiger partial charge in [0.15, 0.2) is 11.5 Å². The van der Waals surface area contributed by atoms with Crippen molar-refractivity contribution in [1.29, 1.82) is 5.41 Å². The summed E-state index contributed by atoms with van der Waals surface area (Å²) in [6, 6.07) is 0. The van der Waals surface area contributed by atoms with Gasteiger partial charge in [-0.25, -0.2) is 9.97 Å². The first-order valence-corrected chi connectivity index (χ1v) is 9.42. The fraction of sp³-hybridized carbons (Fsp3) is 0.667. The molecule has 1 atom stereocenters. The SMILES string of the molecule is CC(=O)N1CCCC(OC(=N)c2ncc(N3CCC(C)(N)CC3)nc2N)C1. The lowest BCUT2D eigenvalue weighted by atomic mass is 9.91. The Morgan fingerprint density at radius 3 is 2.70 bits per heavy atom. The van der Waals surface area contributed by atoms with Crippen LogP contribution in [0.1, 0.15) is 45.2 Å². The zero-order valence-electron chi connectivity index (χ0n) is 16.1. The molecule has 1 amide bonds. The van der Waals surface area contributed by atoms with Gasteiger partial charge in [0.1, 0.15) is 11.9 Å². The minimum Gasteiger partial charge on any atom is -0.471 e. The van der Waals surface area contributed by atoms with Crippen molar-refractivity contribution in [1.82, 2.24) is 14.9 Å². The van der Waals surface area contributed by atoms with E-state index in [1.807, 2.05) is 0 Å². The average Bonchev–Trinajstić information content (AvgIpc) is 2.61. The molecule has 2 saturated heterocycles. The highest BCUT2D eigenvalue weighted by Gasteiger charge is 2.28. The highest BCUT2D eigenvalue weighted by Crippen LogP contribution is 2.24. The molecule has 0 radical (unpaired) electrons. The quantitative estimate of drug-likeness (QED) is 0.523. The zero-order valence-corrected chi connectivity index (χ0v) is 16.1. The maximum Gasteiger partial charge on any atom is 0.236 e. The van der Waals surface area contributed by atoms with Crippen LogP contribution >= 0.6 is 0 Å². The predicted molar refractivity (Wildman–Crippen MR) is 104 cm³/mol. The Balaban J connectivity index is 1.63. The highest BCUT2D eigenvalue weighted by atomic mass is 16.5. The summed E-state index contributed by atoms with van der Waals surface area (Å²) in [6.45, 7) is 6.43. The molecule has 0 saturated carbocycles. The fourth-order valence-electron chi connectivity index (χ4n) is 3.51. The van der Waals surface area contributed by atoms with Crippen LogP contribution in [0.4, 0.5) is 11.6 Å². The molecule has 0 aliphatic carbocycles. The number of rotatable bonds is 3. The molecule has 1 aromatic heterocycles. The van der Waals surface area contributed by atoms with Crippen LogP contribution in [-0.4, -0.2) is 64.5 Å². The number of amides is 1. The van der Waals surface area contributed by atoms with Crippen molar-refractivity contribution in [2.45, 2.75) is 51.2 Å². The van der Waals surface area contributed by atoms with Gasteiger partial charge in [-0.3, -0.25) is 10.2 Å². The molecular formula is C18H29N7O2. The largest absolute Gasteiger partial charge is 0.471 e. The Labute approximate surface area is 159 Å². The monoisotopic (exact) mass is 375 g/mol. The third-order valence-electron chi connectivity index (χ3n) is 5.34. The molecule has 1 unspecified atom stereocenters. The second-order valence-corrected chi connectivity index (χ2v) is 7.78. The first kappa shape index (κ1) is 19.3. The number of aromatic nitrogens is 2. The third-order valence-corrected chi connectivity index (χ3v) is 5.34. The van der Waals surface area contributed by atoms with Gasteiger partial charge in [-0.15, -0.1) is 0 Å². The van der Waals surface area contributed by atoms with Crippen molar-refractivity contribution in [2.75, 3.05) is 36.8 Å². The van der Waals surface area contributed by atoms with E-state index in [0.717, 1.165) is 45.3 Å². The van der Waals surface area contributed by atoms with Crippen LogP contribution < -0.4 is 16.4 Å². The first-order chi connectivity index (χ1) is 12.7. The van der Waals surface area contributed by atoms with Gasteiger partial charge in [0.25, 0.3) is 0 Å². The van der Waals surface area contributed by atoms with E-state index in [1.54, 1.807) is 18.0 Å². The average molecular weight is 375 g/mol. The van der Waals surface area contributed by atoms with E-state index < -0.39 is 0 Å². The molecule has 2 aliphatic heterocycles. The van der Waals surface area contributed by atoms with E-state index in [9.17, 15) is 4.79 Å². The number of nitrogens with two attached hydrogens (primary N) is 2. The number of nitrogens with one attached hydrogen (secondary N) is 1. The zero-order chi connectivity index (χ0) is 19.6. The van der Waals surface area contributed by atoms with Gasteiger partial charge in [-0.2, -0.15) is 0 Å². The van der Waals surface area contributed by atoms with Gasteiger partial charge in [-0.05, 0) is 32.6 Å². The van der Waals surface area contributed by atoms with Crippen LogP contribution in [0.2, 0.25) is 0 Å². The van der Waals surface area contributed by atoms with Crippen molar-refractivity contribution in [2.24, 2.45) is 5.73 Å². The lowest BCUT2D eigenvalue weighted by Crippen LogP contribution is -2.48. The molecule has 9 nitrogen and oxygen atoms in total. The normalized spacial score (nSPS) is 22.4. The molecule has 3 heterocycles. The van der Waals surface area contributed by atoms with Gasteiger partial charge in [0.2, 0.25) is 11.8 Å². The van der Waals surface area contributed by atoms with Gasteiger partial charge >= 0.3 is 0 Å². The Morgan fingerprint density at radius 2 is 2.07 bits per heavy atom. The lowest BCUT2D eigenvalue weighted by Gasteiger charge is -2.37. The Hall–Kier alpha value is -2.42. The molecule has 5 N–H and O–H groups in total. The number of hydrogen-bond acceptors (Lipinski definition) is 8. The third kappa shape index (κ3) is 4.65. The van der Waals surface area contributed by atoms with E-state index in [4.69, 9.17) is 21.6 Å². The topological polar surface area (TPSA) is 134 Å². The Kier molecular flexibility index (Phi) is 5.50. The maximum absolute atomic E-state index is 11.5. The smallest absolute Gasteiger partial charge is 0.236 e. The van der Waals surface area contributed by atoms with Crippen molar-refractivity contribution >= 4 is 23.4 Å². The minimum absolute atomic E-state index is 0.0219. The summed E-state index contributed by atoms with van der Waals surface area (Å²) in [6.07, 6.45) is 4.81. The summed E-state index contributed by atoms with van der Waals surface area (Å²) >= 11 is 0. The van der Waals surface area contributed by atoms with Gasteiger partial charge < -0.3 is 26.0 Å². The van der Waals surface area contributed by atoms with Gasteiger partial charge in [0.05, 0.1) is 12.7 Å². The number of carbonyl (C=O) groups is 1. The number of carbonyl (C=O) groups excluding carboxylic acids is 1. The standard InChI is InChI=1S/C18H29N7O2/c1-12(26)25-7-3-4-13(11-25)27-17(20)15-16(19)23-14(10-22-15)24-8-5-18(2,21)6-9-24/h10,13,20H,3-9,11,21H2,1-2H3,(H2,19,23). The molecule has 3 rings (SSSR count). The van der Waals surface area contributed by atoms with Crippen LogP contribution in [0.25, 0.3) is 0 Å². The molecule has 0 aromatic carbocycles. The molecular weight excluding hydrogens is 346 g/mol. The maximum atomic E-state index is 11.5. The van der Waals surface area contributed by atoms with Crippen molar-refractivity contribution in [3.63, 3.8) is 0 Å². The van der Waals surface area contributed by atoms with Crippen LogP contribution in [0.5, 0.6) is 0 Å². The number of anilines is 2.